The summed E-state index contributed by atoms with van der Waals surface area (Å²) in [6, 6.07) is 0. The van der Waals surface area contributed by atoms with Crippen LogP contribution in [0.4, 0.5) is 0 Å². The van der Waals surface area contributed by atoms with Crippen molar-refractivity contribution in [3.05, 3.63) is 0 Å². The first-order valence-corrected chi connectivity index (χ1v) is 8.64. The van der Waals surface area contributed by atoms with Gasteiger partial charge < -0.3 is 27.2 Å². The van der Waals surface area contributed by atoms with Gasteiger partial charge in [0.15, 0.2) is 5.66 Å². The summed E-state index contributed by atoms with van der Waals surface area (Å²) in [5.74, 6) is -2.52. The van der Waals surface area contributed by atoms with Crippen molar-refractivity contribution in [2.24, 2.45) is 11.5 Å². The lowest BCUT2D eigenvalue weighted by Crippen LogP contribution is -2.63. The third-order valence-corrected chi connectivity index (χ3v) is 5.03. The molecule has 8 N–H and O–H groups in total. The Labute approximate surface area is 134 Å². The van der Waals surface area contributed by atoms with Crippen molar-refractivity contribution in [3.8, 4) is 0 Å². The third kappa shape index (κ3) is 5.83. The van der Waals surface area contributed by atoms with Crippen LogP contribution in [0.25, 0.3) is 0 Å². The molecule has 1 aliphatic heterocycles. The van der Waals surface area contributed by atoms with Crippen LogP contribution in [0.2, 0.25) is 0 Å². The van der Waals surface area contributed by atoms with Crippen LogP contribution >= 0.6 is 7.95 Å². The second-order valence-electron chi connectivity index (χ2n) is 5.33. The molecule has 3 atom stereocenters. The molecule has 2 unspecified atom stereocenters. The Hall–Kier alpha value is -1.61. The van der Waals surface area contributed by atoms with Crippen molar-refractivity contribution in [3.63, 3.8) is 0 Å². The van der Waals surface area contributed by atoms with Crippen molar-refractivity contribution < 1.29 is 24.1 Å². The summed E-state index contributed by atoms with van der Waals surface area (Å²) in [5, 5.41) is 16.3. The molecule has 10 nitrogen and oxygen atoms in total. The number of piperidine rings is 1. The third-order valence-electron chi connectivity index (χ3n) is 3.35. The molecule has 1 saturated heterocycles. The van der Waals surface area contributed by atoms with E-state index in [4.69, 9.17) is 16.6 Å². The predicted octanol–water partition coefficient (Wildman–Crippen LogP) is -1.81. The number of amides is 2. The molecule has 0 aromatic heterocycles. The van der Waals surface area contributed by atoms with E-state index in [0.29, 0.717) is 32.4 Å². The average molecular weight is 348 g/mol. The molecule has 2 amide bonds. The fourth-order valence-corrected chi connectivity index (χ4v) is 3.58. The molecular formula is C12H23N5O5P+. The molecule has 0 saturated carbocycles. The van der Waals surface area contributed by atoms with Gasteiger partial charge in [-0.25, -0.2) is 0 Å². The molecule has 0 aliphatic carbocycles. The van der Waals surface area contributed by atoms with Gasteiger partial charge in [-0.3, -0.25) is 14.4 Å². The van der Waals surface area contributed by atoms with Crippen LogP contribution in [0.5, 0.6) is 0 Å². The van der Waals surface area contributed by atoms with Crippen LogP contribution in [0.1, 0.15) is 25.7 Å². The summed E-state index contributed by atoms with van der Waals surface area (Å²) in [6.45, 7) is 1.07. The SMILES string of the molecule is NCCCNC(=O)C(N)(CC(=O)O)N[P+](=O)[C@H]1CCCNC1=O. The number of hydrogen-bond acceptors (Lipinski definition) is 6. The van der Waals surface area contributed by atoms with Gasteiger partial charge in [0.1, 0.15) is 0 Å². The van der Waals surface area contributed by atoms with E-state index in [1.165, 1.54) is 0 Å². The number of nitrogens with one attached hydrogen (secondary N) is 3. The van der Waals surface area contributed by atoms with Crippen LogP contribution in [0.15, 0.2) is 0 Å². The van der Waals surface area contributed by atoms with E-state index in [1.807, 2.05) is 0 Å². The minimum absolute atomic E-state index is 0.219. The summed E-state index contributed by atoms with van der Waals surface area (Å²) < 4.78 is 12.3. The van der Waals surface area contributed by atoms with Crippen molar-refractivity contribution in [1.82, 2.24) is 15.7 Å². The zero-order valence-corrected chi connectivity index (χ0v) is 13.6. The van der Waals surface area contributed by atoms with Gasteiger partial charge in [0, 0.05) is 19.5 Å². The molecular weight excluding hydrogens is 325 g/mol. The van der Waals surface area contributed by atoms with Crippen molar-refractivity contribution >= 4 is 25.7 Å². The minimum Gasteiger partial charge on any atom is -0.481 e. The van der Waals surface area contributed by atoms with Crippen molar-refractivity contribution in [2.75, 3.05) is 19.6 Å². The van der Waals surface area contributed by atoms with Crippen molar-refractivity contribution in [1.29, 1.82) is 0 Å². The second-order valence-corrected chi connectivity index (χ2v) is 6.83. The van der Waals surface area contributed by atoms with Gasteiger partial charge in [-0.2, -0.15) is 0 Å². The first-order chi connectivity index (χ1) is 10.8. The number of carboxylic acids is 1. The molecule has 130 valence electrons. The van der Waals surface area contributed by atoms with Gasteiger partial charge in [-0.15, -0.1) is 0 Å². The van der Waals surface area contributed by atoms with Gasteiger partial charge in [-0.1, -0.05) is 5.09 Å². The number of carbonyl (C=O) groups excluding carboxylic acids is 2. The van der Waals surface area contributed by atoms with Crippen LogP contribution in [-0.2, 0) is 18.9 Å². The predicted molar refractivity (Wildman–Crippen MR) is 82.6 cm³/mol. The monoisotopic (exact) mass is 348 g/mol. The topological polar surface area (TPSA) is 177 Å². The Bertz CT molecular complexity index is 488. The smallest absolute Gasteiger partial charge is 0.447 e. The lowest BCUT2D eigenvalue weighted by molar-refractivity contribution is -0.142. The summed E-state index contributed by atoms with van der Waals surface area (Å²) in [5.41, 5.74) is 8.24. The number of rotatable bonds is 9. The van der Waals surface area contributed by atoms with Gasteiger partial charge in [0.2, 0.25) is 0 Å². The molecule has 0 bridgehead atoms. The van der Waals surface area contributed by atoms with E-state index >= 15 is 0 Å². The standard InChI is InChI=1S/C12H22N5O5P/c13-4-2-6-16-11(21)12(14,7-9(18)19)17-23(22)8-3-1-5-15-10(8)20/h8H,1-7,13-14H2,(H3-,15,16,17,18,19,20,21,22)/p+1/t8-,12?/m0/s1. The Morgan fingerprint density at radius 1 is 1.48 bits per heavy atom. The Balaban J connectivity index is 2.79. The molecule has 11 heteroatoms. The highest BCUT2D eigenvalue weighted by atomic mass is 31.1. The van der Waals surface area contributed by atoms with Gasteiger partial charge in [0.25, 0.3) is 17.5 Å². The number of nitrogens with two attached hydrogens (primary N) is 2. The lowest BCUT2D eigenvalue weighted by Gasteiger charge is -2.24. The zero-order valence-electron chi connectivity index (χ0n) is 12.7. The van der Waals surface area contributed by atoms with E-state index in [9.17, 15) is 18.9 Å². The lowest BCUT2D eigenvalue weighted by atomic mass is 10.1. The largest absolute Gasteiger partial charge is 0.481 e. The van der Waals surface area contributed by atoms with E-state index in [1.54, 1.807) is 0 Å². The number of aliphatic carboxylic acids is 1. The maximum atomic E-state index is 12.3. The normalized spacial score (nSPS) is 21.0. The minimum atomic E-state index is -2.39. The molecule has 0 aromatic rings. The number of hydrogen-bond donors (Lipinski definition) is 6. The van der Waals surface area contributed by atoms with Crippen LogP contribution in [0, 0.1) is 0 Å². The maximum Gasteiger partial charge on any atom is 0.447 e. The number of carbonyl (C=O) groups is 3. The van der Waals surface area contributed by atoms with E-state index in [-0.39, 0.29) is 6.54 Å². The highest BCUT2D eigenvalue weighted by molar-refractivity contribution is 7.44. The Kier molecular flexibility index (Phi) is 7.50. The van der Waals surface area contributed by atoms with E-state index in [0.717, 1.165) is 0 Å². The first-order valence-electron chi connectivity index (χ1n) is 7.31. The summed E-state index contributed by atoms with van der Waals surface area (Å²) in [7, 11) is -2.39. The average Bonchev–Trinajstić information content (AvgIpc) is 2.46. The molecule has 1 heterocycles. The fraction of sp³-hybridized carbons (Fsp3) is 0.750. The Morgan fingerprint density at radius 3 is 2.74 bits per heavy atom. The van der Waals surface area contributed by atoms with E-state index < -0.39 is 43.5 Å². The van der Waals surface area contributed by atoms with Gasteiger partial charge in [-0.05, 0) is 24.0 Å². The highest BCUT2D eigenvalue weighted by Crippen LogP contribution is 2.31. The van der Waals surface area contributed by atoms with Crippen molar-refractivity contribution in [2.45, 2.75) is 37.0 Å². The molecule has 1 rings (SSSR count). The first kappa shape index (κ1) is 19.4. The summed E-state index contributed by atoms with van der Waals surface area (Å²) in [6.07, 6.45) is 0.757. The summed E-state index contributed by atoms with van der Waals surface area (Å²) in [4.78, 5) is 34.8. The highest BCUT2D eigenvalue weighted by Gasteiger charge is 2.48. The molecule has 0 radical (unpaired) electrons. The molecule has 0 spiro atoms. The number of carboxylic acid groups (broad SMARTS) is 1. The molecule has 0 aromatic carbocycles. The molecule has 23 heavy (non-hydrogen) atoms. The van der Waals surface area contributed by atoms with Crippen LogP contribution in [0.3, 0.4) is 0 Å². The zero-order chi connectivity index (χ0) is 17.5. The van der Waals surface area contributed by atoms with Crippen LogP contribution in [-0.4, -0.2) is 53.8 Å². The molecule has 1 aliphatic rings. The van der Waals surface area contributed by atoms with Gasteiger partial charge >= 0.3 is 13.9 Å². The second kappa shape index (κ2) is 8.88. The maximum absolute atomic E-state index is 12.3. The van der Waals surface area contributed by atoms with Gasteiger partial charge in [0.05, 0.1) is 6.42 Å². The summed E-state index contributed by atoms with van der Waals surface area (Å²) >= 11 is 0. The fourth-order valence-electron chi connectivity index (χ4n) is 2.13. The molecule has 1 fully saturated rings. The van der Waals surface area contributed by atoms with E-state index in [2.05, 4.69) is 15.7 Å². The quantitative estimate of drug-likeness (QED) is 0.160. The Morgan fingerprint density at radius 2 is 2.17 bits per heavy atom. The van der Waals surface area contributed by atoms with Crippen LogP contribution < -0.4 is 27.2 Å².